The number of methoxy groups -OCH3 is 1. The van der Waals surface area contributed by atoms with Gasteiger partial charge in [-0.05, 0) is 31.2 Å². The molecule has 0 fully saturated rings. The molecule has 0 saturated carbocycles. The van der Waals surface area contributed by atoms with Crippen LogP contribution in [0.25, 0.3) is 0 Å². The highest BCUT2D eigenvalue weighted by molar-refractivity contribution is 7.99. The average molecular weight is 245 g/mol. The summed E-state index contributed by atoms with van der Waals surface area (Å²) in [6.07, 6.45) is 0. The Morgan fingerprint density at radius 3 is 2.35 bits per heavy atom. The third-order valence-electron chi connectivity index (χ3n) is 2.47. The maximum Gasteiger partial charge on any atom is 0.120 e. The van der Waals surface area contributed by atoms with Gasteiger partial charge in [0, 0.05) is 21.5 Å². The first-order chi connectivity index (χ1) is 8.19. The second-order valence-corrected chi connectivity index (χ2v) is 4.93. The molecule has 0 radical (unpaired) electrons. The lowest BCUT2D eigenvalue weighted by Gasteiger charge is -2.07. The van der Waals surface area contributed by atoms with Crippen molar-refractivity contribution in [3.05, 3.63) is 48.0 Å². The van der Waals surface area contributed by atoms with E-state index in [9.17, 15) is 0 Å². The molecule has 0 unspecified atom stereocenters. The van der Waals surface area contributed by atoms with Crippen LogP contribution in [0.5, 0.6) is 5.75 Å². The van der Waals surface area contributed by atoms with Gasteiger partial charge in [0.1, 0.15) is 5.75 Å². The molecule has 3 heteroatoms. The van der Waals surface area contributed by atoms with E-state index in [1.807, 2.05) is 18.2 Å². The molecular formula is C14H15NOS. The summed E-state index contributed by atoms with van der Waals surface area (Å²) < 4.78 is 5.13. The van der Waals surface area contributed by atoms with E-state index in [0.29, 0.717) is 0 Å². The molecule has 0 aliphatic rings. The number of ether oxygens (including phenoxy) is 1. The van der Waals surface area contributed by atoms with Crippen molar-refractivity contribution in [1.82, 2.24) is 0 Å². The summed E-state index contributed by atoms with van der Waals surface area (Å²) in [5, 5.41) is 0. The molecule has 0 aliphatic carbocycles. The van der Waals surface area contributed by atoms with Gasteiger partial charge in [0.05, 0.1) is 7.11 Å². The normalized spacial score (nSPS) is 10.2. The molecule has 0 bridgehead atoms. The minimum absolute atomic E-state index is 0.745. The standard InChI is InChI=1S/C14H15NOS/c1-10-3-6-12(7-4-10)17-14-8-5-11(16-2)9-13(14)15/h3-9H,15H2,1-2H3. The molecule has 2 N–H and O–H groups in total. The Balaban J connectivity index is 2.21. The summed E-state index contributed by atoms with van der Waals surface area (Å²) in [6, 6.07) is 14.2. The van der Waals surface area contributed by atoms with Crippen molar-refractivity contribution in [2.75, 3.05) is 12.8 Å². The van der Waals surface area contributed by atoms with Crippen LogP contribution in [0.4, 0.5) is 5.69 Å². The number of rotatable bonds is 3. The minimum Gasteiger partial charge on any atom is -0.497 e. The Labute approximate surface area is 106 Å². The first-order valence-electron chi connectivity index (χ1n) is 5.37. The molecule has 2 rings (SSSR count). The second-order valence-electron chi connectivity index (χ2n) is 3.82. The van der Waals surface area contributed by atoms with Crippen molar-refractivity contribution in [3.8, 4) is 5.75 Å². The van der Waals surface area contributed by atoms with Gasteiger partial charge in [-0.15, -0.1) is 0 Å². The molecule has 0 heterocycles. The van der Waals surface area contributed by atoms with E-state index in [1.165, 1.54) is 10.5 Å². The highest BCUT2D eigenvalue weighted by Crippen LogP contribution is 2.33. The van der Waals surface area contributed by atoms with Gasteiger partial charge in [0.2, 0.25) is 0 Å². The third kappa shape index (κ3) is 2.94. The first-order valence-corrected chi connectivity index (χ1v) is 6.19. The predicted molar refractivity (Wildman–Crippen MR) is 72.7 cm³/mol. The lowest BCUT2D eigenvalue weighted by Crippen LogP contribution is -1.90. The maximum absolute atomic E-state index is 5.97. The summed E-state index contributed by atoms with van der Waals surface area (Å²) in [5.74, 6) is 0.788. The Kier molecular flexibility index (Phi) is 3.59. The smallest absolute Gasteiger partial charge is 0.120 e. The van der Waals surface area contributed by atoms with E-state index in [4.69, 9.17) is 10.5 Å². The van der Waals surface area contributed by atoms with Crippen molar-refractivity contribution in [2.45, 2.75) is 16.7 Å². The zero-order chi connectivity index (χ0) is 12.3. The lowest BCUT2D eigenvalue weighted by atomic mass is 10.2. The quantitative estimate of drug-likeness (QED) is 0.837. The molecule has 0 aromatic heterocycles. The SMILES string of the molecule is COc1ccc(Sc2ccc(C)cc2)c(N)c1. The molecule has 0 aliphatic heterocycles. The lowest BCUT2D eigenvalue weighted by molar-refractivity contribution is 0.415. The van der Waals surface area contributed by atoms with Crippen LogP contribution in [0, 0.1) is 6.92 Å². The molecule has 2 nitrogen and oxygen atoms in total. The Morgan fingerprint density at radius 2 is 1.76 bits per heavy atom. The fraction of sp³-hybridized carbons (Fsp3) is 0.143. The van der Waals surface area contributed by atoms with E-state index < -0.39 is 0 Å². The van der Waals surface area contributed by atoms with E-state index in [1.54, 1.807) is 18.9 Å². The first kappa shape index (κ1) is 11.9. The van der Waals surface area contributed by atoms with Crippen molar-refractivity contribution < 1.29 is 4.74 Å². The number of hydrogen-bond donors (Lipinski definition) is 1. The molecule has 0 amide bonds. The van der Waals surface area contributed by atoms with Gasteiger partial charge in [-0.1, -0.05) is 29.5 Å². The zero-order valence-electron chi connectivity index (χ0n) is 9.94. The topological polar surface area (TPSA) is 35.2 Å². The fourth-order valence-electron chi connectivity index (χ4n) is 1.48. The molecule has 2 aromatic rings. The Hall–Kier alpha value is -1.61. The number of anilines is 1. The van der Waals surface area contributed by atoms with Crippen LogP contribution >= 0.6 is 11.8 Å². The molecule has 0 saturated heterocycles. The van der Waals surface area contributed by atoms with Gasteiger partial charge in [-0.25, -0.2) is 0 Å². The highest BCUT2D eigenvalue weighted by atomic mass is 32.2. The molecular weight excluding hydrogens is 230 g/mol. The van der Waals surface area contributed by atoms with Gasteiger partial charge in [0.15, 0.2) is 0 Å². The monoisotopic (exact) mass is 245 g/mol. The van der Waals surface area contributed by atoms with Crippen LogP contribution < -0.4 is 10.5 Å². The Bertz CT molecular complexity index is 508. The number of nitrogen functional groups attached to an aromatic ring is 1. The van der Waals surface area contributed by atoms with Gasteiger partial charge < -0.3 is 10.5 Å². The van der Waals surface area contributed by atoms with Gasteiger partial charge in [-0.2, -0.15) is 0 Å². The summed E-state index contributed by atoms with van der Waals surface area (Å²) in [5.41, 5.74) is 7.98. The number of hydrogen-bond acceptors (Lipinski definition) is 3. The molecule has 2 aromatic carbocycles. The molecule has 17 heavy (non-hydrogen) atoms. The highest BCUT2D eigenvalue weighted by Gasteiger charge is 2.03. The van der Waals surface area contributed by atoms with Gasteiger partial charge in [-0.3, -0.25) is 0 Å². The van der Waals surface area contributed by atoms with E-state index in [0.717, 1.165) is 16.3 Å². The van der Waals surface area contributed by atoms with Crippen LogP contribution in [0.3, 0.4) is 0 Å². The van der Waals surface area contributed by atoms with Crippen molar-refractivity contribution in [3.63, 3.8) is 0 Å². The van der Waals surface area contributed by atoms with Crippen LogP contribution in [0.1, 0.15) is 5.56 Å². The summed E-state index contributed by atoms with van der Waals surface area (Å²) in [6.45, 7) is 2.08. The number of benzene rings is 2. The molecule has 0 spiro atoms. The maximum atomic E-state index is 5.97. The van der Waals surface area contributed by atoms with Crippen molar-refractivity contribution in [2.24, 2.45) is 0 Å². The minimum atomic E-state index is 0.745. The summed E-state index contributed by atoms with van der Waals surface area (Å²) in [7, 11) is 1.64. The summed E-state index contributed by atoms with van der Waals surface area (Å²) in [4.78, 5) is 2.24. The fourth-order valence-corrected chi connectivity index (χ4v) is 2.32. The van der Waals surface area contributed by atoms with Crippen molar-refractivity contribution in [1.29, 1.82) is 0 Å². The van der Waals surface area contributed by atoms with Gasteiger partial charge >= 0.3 is 0 Å². The predicted octanol–water partition coefficient (Wildman–Crippen LogP) is 3.74. The summed E-state index contributed by atoms with van der Waals surface area (Å²) >= 11 is 1.66. The average Bonchev–Trinajstić information content (AvgIpc) is 2.34. The zero-order valence-corrected chi connectivity index (χ0v) is 10.8. The van der Waals surface area contributed by atoms with E-state index >= 15 is 0 Å². The Morgan fingerprint density at radius 1 is 1.06 bits per heavy atom. The largest absolute Gasteiger partial charge is 0.497 e. The van der Waals surface area contributed by atoms with Crippen molar-refractivity contribution >= 4 is 17.4 Å². The third-order valence-corrected chi connectivity index (χ3v) is 3.57. The second kappa shape index (κ2) is 5.15. The van der Waals surface area contributed by atoms with E-state index in [-0.39, 0.29) is 0 Å². The molecule has 0 atom stereocenters. The number of nitrogens with two attached hydrogens (primary N) is 1. The number of aryl methyl sites for hydroxylation is 1. The van der Waals surface area contributed by atoms with Crippen LogP contribution in [0.15, 0.2) is 52.3 Å². The van der Waals surface area contributed by atoms with Crippen LogP contribution in [0.2, 0.25) is 0 Å². The van der Waals surface area contributed by atoms with Gasteiger partial charge in [0.25, 0.3) is 0 Å². The van der Waals surface area contributed by atoms with E-state index in [2.05, 4.69) is 31.2 Å². The van der Waals surface area contributed by atoms with Crippen LogP contribution in [-0.4, -0.2) is 7.11 Å². The molecule has 88 valence electrons. The van der Waals surface area contributed by atoms with Crippen LogP contribution in [-0.2, 0) is 0 Å².